The minimum absolute atomic E-state index is 0.132. The first kappa shape index (κ1) is 17.5. The summed E-state index contributed by atoms with van der Waals surface area (Å²) in [5.41, 5.74) is 2.52. The number of methoxy groups -OCH3 is 2. The molecule has 0 amide bonds. The zero-order chi connectivity index (χ0) is 15.8. The molecule has 0 radical (unpaired) electrons. The average molecular weight is 292 g/mol. The highest BCUT2D eigenvalue weighted by atomic mass is 16.5. The van der Waals surface area contributed by atoms with Crippen LogP contribution in [-0.4, -0.2) is 20.5 Å². The Bertz CT molecular complexity index is 454. The van der Waals surface area contributed by atoms with Gasteiger partial charge < -0.3 is 14.3 Å². The first-order valence-electron chi connectivity index (χ1n) is 7.80. The fourth-order valence-electron chi connectivity index (χ4n) is 2.64. The smallest absolute Gasteiger partial charge is 0.161 e. The number of carbonyl (C=O) groups excluding carboxylic acids is 1. The van der Waals surface area contributed by atoms with E-state index in [0.29, 0.717) is 5.92 Å². The number of carbonyl (C=O) groups is 1. The van der Waals surface area contributed by atoms with E-state index in [1.165, 1.54) is 11.1 Å². The molecule has 0 saturated carbocycles. The number of rotatable bonds is 9. The molecule has 0 fully saturated rings. The maximum atomic E-state index is 11.3. The zero-order valence-corrected chi connectivity index (χ0v) is 13.9. The highest BCUT2D eigenvalue weighted by Gasteiger charge is 2.16. The Labute approximate surface area is 128 Å². The van der Waals surface area contributed by atoms with Crippen molar-refractivity contribution in [3.63, 3.8) is 0 Å². The van der Waals surface area contributed by atoms with Gasteiger partial charge in [-0.1, -0.05) is 27.2 Å². The molecule has 0 bridgehead atoms. The monoisotopic (exact) mass is 292 g/mol. The molecule has 0 heterocycles. The molecule has 1 aromatic carbocycles. The van der Waals surface area contributed by atoms with E-state index in [1.54, 1.807) is 14.2 Å². The van der Waals surface area contributed by atoms with Gasteiger partial charge in [0.25, 0.3) is 0 Å². The molecule has 0 aliphatic carbocycles. The molecule has 2 unspecified atom stereocenters. The topological polar surface area (TPSA) is 35.5 Å². The molecule has 0 spiro atoms. The fraction of sp³-hybridized carbons (Fsp3) is 0.611. The maximum Gasteiger partial charge on any atom is 0.161 e. The van der Waals surface area contributed by atoms with E-state index < -0.39 is 0 Å². The first-order chi connectivity index (χ1) is 10.1. The highest BCUT2D eigenvalue weighted by Crippen LogP contribution is 2.32. The Kier molecular flexibility index (Phi) is 7.27. The van der Waals surface area contributed by atoms with Gasteiger partial charge in [-0.05, 0) is 48.4 Å². The second-order valence-corrected chi connectivity index (χ2v) is 5.55. The van der Waals surface area contributed by atoms with Crippen molar-refractivity contribution in [2.24, 2.45) is 11.8 Å². The molecular weight excluding hydrogens is 264 g/mol. The van der Waals surface area contributed by atoms with Crippen LogP contribution in [0, 0.1) is 11.8 Å². The van der Waals surface area contributed by atoms with Crippen molar-refractivity contribution in [1.82, 2.24) is 0 Å². The first-order valence-corrected chi connectivity index (χ1v) is 7.80. The van der Waals surface area contributed by atoms with Gasteiger partial charge in [0.05, 0.1) is 14.2 Å². The number of hydrogen-bond acceptors (Lipinski definition) is 3. The quantitative estimate of drug-likeness (QED) is 0.644. The third-order valence-corrected chi connectivity index (χ3v) is 4.38. The second-order valence-electron chi connectivity index (χ2n) is 5.55. The summed E-state index contributed by atoms with van der Waals surface area (Å²) >= 11 is 0. The van der Waals surface area contributed by atoms with Crippen molar-refractivity contribution in [2.75, 3.05) is 14.2 Å². The molecule has 0 N–H and O–H groups in total. The maximum absolute atomic E-state index is 11.3. The highest BCUT2D eigenvalue weighted by molar-refractivity contribution is 5.54. The van der Waals surface area contributed by atoms with Crippen LogP contribution in [0.15, 0.2) is 12.1 Å². The number of benzene rings is 1. The third kappa shape index (κ3) is 4.48. The van der Waals surface area contributed by atoms with Crippen molar-refractivity contribution < 1.29 is 14.3 Å². The number of hydrogen-bond donors (Lipinski definition) is 0. The van der Waals surface area contributed by atoms with E-state index in [2.05, 4.69) is 26.8 Å². The van der Waals surface area contributed by atoms with Gasteiger partial charge >= 0.3 is 0 Å². The van der Waals surface area contributed by atoms with Crippen molar-refractivity contribution in [1.29, 1.82) is 0 Å². The molecule has 1 rings (SSSR count). The van der Waals surface area contributed by atoms with E-state index in [1.807, 2.05) is 6.07 Å². The van der Waals surface area contributed by atoms with Gasteiger partial charge in [0.2, 0.25) is 0 Å². The summed E-state index contributed by atoms with van der Waals surface area (Å²) in [7, 11) is 3.31. The summed E-state index contributed by atoms with van der Waals surface area (Å²) in [6, 6.07) is 4.10. The van der Waals surface area contributed by atoms with Gasteiger partial charge in [-0.15, -0.1) is 0 Å². The standard InChI is InChI=1S/C18H28O3/c1-6-13(3)16(12-19)9-8-15-11-18(21-5)17(20-4)10-14(15)7-2/h10-13,16H,6-9H2,1-5H3. The molecule has 1 aromatic rings. The lowest BCUT2D eigenvalue weighted by molar-refractivity contribution is -0.112. The average Bonchev–Trinajstić information content (AvgIpc) is 2.54. The summed E-state index contributed by atoms with van der Waals surface area (Å²) in [5, 5.41) is 0. The fourth-order valence-corrected chi connectivity index (χ4v) is 2.64. The Hall–Kier alpha value is -1.51. The largest absolute Gasteiger partial charge is 0.493 e. The van der Waals surface area contributed by atoms with E-state index in [9.17, 15) is 4.79 Å². The predicted molar refractivity (Wildman–Crippen MR) is 86.3 cm³/mol. The molecular formula is C18H28O3. The van der Waals surface area contributed by atoms with Gasteiger partial charge in [0.15, 0.2) is 11.5 Å². The van der Waals surface area contributed by atoms with E-state index >= 15 is 0 Å². The molecule has 118 valence electrons. The summed E-state index contributed by atoms with van der Waals surface area (Å²) in [6.45, 7) is 6.42. The van der Waals surface area contributed by atoms with Crippen LogP contribution < -0.4 is 9.47 Å². The molecule has 0 saturated heterocycles. The molecule has 0 aliphatic rings. The molecule has 0 aromatic heterocycles. The van der Waals surface area contributed by atoms with Crippen LogP contribution >= 0.6 is 0 Å². The van der Waals surface area contributed by atoms with Crippen LogP contribution in [0.5, 0.6) is 11.5 Å². The lowest BCUT2D eigenvalue weighted by Gasteiger charge is -2.19. The zero-order valence-electron chi connectivity index (χ0n) is 13.9. The minimum Gasteiger partial charge on any atom is -0.493 e. The predicted octanol–water partition coefficient (Wildman–Crippen LogP) is 4.06. The number of aldehydes is 1. The van der Waals surface area contributed by atoms with Crippen LogP contribution in [0.2, 0.25) is 0 Å². The van der Waals surface area contributed by atoms with Crippen LogP contribution in [0.25, 0.3) is 0 Å². The normalized spacial score (nSPS) is 13.6. The minimum atomic E-state index is 0.132. The van der Waals surface area contributed by atoms with Crippen LogP contribution in [0.4, 0.5) is 0 Å². The number of aryl methyl sites for hydroxylation is 2. The Morgan fingerprint density at radius 3 is 2.10 bits per heavy atom. The van der Waals surface area contributed by atoms with Crippen molar-refractivity contribution in [3.8, 4) is 11.5 Å². The van der Waals surface area contributed by atoms with E-state index in [4.69, 9.17) is 9.47 Å². The molecule has 3 nitrogen and oxygen atoms in total. The van der Waals surface area contributed by atoms with Gasteiger partial charge in [0, 0.05) is 5.92 Å². The van der Waals surface area contributed by atoms with Crippen LogP contribution in [-0.2, 0) is 17.6 Å². The summed E-state index contributed by atoms with van der Waals surface area (Å²) in [6.07, 6.45) is 4.89. The Morgan fingerprint density at radius 2 is 1.67 bits per heavy atom. The summed E-state index contributed by atoms with van der Waals surface area (Å²) in [5.74, 6) is 2.10. The van der Waals surface area contributed by atoms with Gasteiger partial charge in [-0.3, -0.25) is 0 Å². The van der Waals surface area contributed by atoms with Crippen molar-refractivity contribution >= 4 is 6.29 Å². The van der Waals surface area contributed by atoms with E-state index in [0.717, 1.165) is 43.5 Å². The lowest BCUT2D eigenvalue weighted by atomic mass is 9.87. The molecule has 2 atom stereocenters. The second kappa shape index (κ2) is 8.71. The molecule has 21 heavy (non-hydrogen) atoms. The van der Waals surface area contributed by atoms with Crippen LogP contribution in [0.3, 0.4) is 0 Å². The van der Waals surface area contributed by atoms with Gasteiger partial charge in [-0.2, -0.15) is 0 Å². The molecule has 3 heteroatoms. The van der Waals surface area contributed by atoms with Gasteiger partial charge in [-0.25, -0.2) is 0 Å². The van der Waals surface area contributed by atoms with E-state index in [-0.39, 0.29) is 5.92 Å². The van der Waals surface area contributed by atoms with Crippen molar-refractivity contribution in [3.05, 3.63) is 23.3 Å². The Balaban J connectivity index is 2.93. The van der Waals surface area contributed by atoms with Crippen LogP contribution in [0.1, 0.15) is 44.7 Å². The number of ether oxygens (including phenoxy) is 2. The summed E-state index contributed by atoms with van der Waals surface area (Å²) in [4.78, 5) is 11.3. The SMILES string of the molecule is CCc1cc(OC)c(OC)cc1CCC(C=O)C(C)CC. The lowest BCUT2D eigenvalue weighted by Crippen LogP contribution is -2.14. The summed E-state index contributed by atoms with van der Waals surface area (Å²) < 4.78 is 10.7. The third-order valence-electron chi connectivity index (χ3n) is 4.38. The van der Waals surface area contributed by atoms with Gasteiger partial charge in [0.1, 0.15) is 6.29 Å². The van der Waals surface area contributed by atoms with Crippen molar-refractivity contribution in [2.45, 2.75) is 46.5 Å². The molecule has 0 aliphatic heterocycles. The Morgan fingerprint density at radius 1 is 1.10 bits per heavy atom.